The van der Waals surface area contributed by atoms with Gasteiger partial charge in [-0.15, -0.1) is 0 Å². The smallest absolute Gasteiger partial charge is 0.0422 e. The summed E-state index contributed by atoms with van der Waals surface area (Å²) < 4.78 is 1.18. The summed E-state index contributed by atoms with van der Waals surface area (Å²) in [6, 6.07) is 13.6. The van der Waals surface area contributed by atoms with E-state index in [1.54, 1.807) is 0 Å². The van der Waals surface area contributed by atoms with Crippen LogP contribution in [0.25, 0.3) is 10.8 Å². The molecule has 0 saturated heterocycles. The van der Waals surface area contributed by atoms with Gasteiger partial charge in [0.05, 0.1) is 0 Å². The molecule has 2 unspecified atom stereocenters. The van der Waals surface area contributed by atoms with Crippen molar-refractivity contribution < 1.29 is 0 Å². The number of fused-ring (bicyclic) bond motifs is 1. The molecule has 2 aromatic carbocycles. The number of hydrogen-bond acceptors (Lipinski definition) is 1. The number of halogens is 1. The average Bonchev–Trinajstić information content (AvgIpc) is 2.51. The van der Waals surface area contributed by atoms with Crippen LogP contribution in [-0.2, 0) is 0 Å². The number of nitrogens with one attached hydrogen (secondary N) is 1. The second-order valence-electron chi connectivity index (χ2n) is 5.84. The number of benzene rings is 2. The predicted molar refractivity (Wildman–Crippen MR) is 91.3 cm³/mol. The summed E-state index contributed by atoms with van der Waals surface area (Å²) in [7, 11) is 0. The highest BCUT2D eigenvalue weighted by molar-refractivity contribution is 9.10. The van der Waals surface area contributed by atoms with E-state index in [2.05, 4.69) is 64.6 Å². The van der Waals surface area contributed by atoms with Crippen LogP contribution in [0.15, 0.2) is 40.9 Å². The van der Waals surface area contributed by atoms with Crippen LogP contribution in [0.2, 0.25) is 0 Å². The molecule has 1 fully saturated rings. The van der Waals surface area contributed by atoms with Crippen molar-refractivity contribution in [3.63, 3.8) is 0 Å². The third-order valence-corrected chi connectivity index (χ3v) is 5.34. The van der Waals surface area contributed by atoms with E-state index >= 15 is 0 Å². The maximum Gasteiger partial charge on any atom is 0.0422 e. The molecule has 1 aliphatic carbocycles. The zero-order chi connectivity index (χ0) is 13.9. The molecule has 0 heterocycles. The Morgan fingerprint density at radius 1 is 1.05 bits per heavy atom. The van der Waals surface area contributed by atoms with Crippen LogP contribution < -0.4 is 5.32 Å². The minimum absolute atomic E-state index is 0.637. The first-order valence-electron chi connectivity index (χ1n) is 7.73. The van der Waals surface area contributed by atoms with Crippen LogP contribution in [0.1, 0.15) is 39.0 Å². The Balaban J connectivity index is 1.92. The van der Waals surface area contributed by atoms with Gasteiger partial charge in [0, 0.05) is 21.6 Å². The lowest BCUT2D eigenvalue weighted by Crippen LogP contribution is -2.31. The van der Waals surface area contributed by atoms with Gasteiger partial charge in [0.2, 0.25) is 0 Å². The van der Waals surface area contributed by atoms with Crippen molar-refractivity contribution in [1.82, 2.24) is 0 Å². The minimum Gasteiger partial charge on any atom is -0.382 e. The third kappa shape index (κ3) is 2.71. The monoisotopic (exact) mass is 331 g/mol. The zero-order valence-corrected chi connectivity index (χ0v) is 13.6. The number of rotatable bonds is 3. The van der Waals surface area contributed by atoms with Gasteiger partial charge in [-0.3, -0.25) is 0 Å². The lowest BCUT2D eigenvalue weighted by Gasteiger charge is -2.32. The molecule has 1 N–H and O–H groups in total. The van der Waals surface area contributed by atoms with E-state index in [9.17, 15) is 0 Å². The van der Waals surface area contributed by atoms with Crippen LogP contribution in [0.4, 0.5) is 5.69 Å². The van der Waals surface area contributed by atoms with Gasteiger partial charge < -0.3 is 5.32 Å². The number of hydrogen-bond donors (Lipinski definition) is 1. The molecule has 1 nitrogen and oxygen atoms in total. The van der Waals surface area contributed by atoms with Crippen LogP contribution in [0.3, 0.4) is 0 Å². The fraction of sp³-hybridized carbons (Fsp3) is 0.444. The lowest BCUT2D eigenvalue weighted by atomic mass is 9.82. The molecule has 106 valence electrons. The minimum atomic E-state index is 0.637. The van der Waals surface area contributed by atoms with E-state index in [-0.39, 0.29) is 0 Å². The van der Waals surface area contributed by atoms with Gasteiger partial charge in [0.15, 0.2) is 0 Å². The zero-order valence-electron chi connectivity index (χ0n) is 12.0. The van der Waals surface area contributed by atoms with Crippen molar-refractivity contribution in [2.75, 3.05) is 5.32 Å². The van der Waals surface area contributed by atoms with E-state index in [1.165, 1.54) is 53.0 Å². The molecule has 0 aromatic heterocycles. The molecular weight excluding hydrogens is 310 g/mol. The molecule has 2 heteroatoms. The molecule has 0 bridgehead atoms. The van der Waals surface area contributed by atoms with E-state index in [1.807, 2.05) is 0 Å². The van der Waals surface area contributed by atoms with Crippen molar-refractivity contribution >= 4 is 32.4 Å². The second kappa shape index (κ2) is 6.17. The summed E-state index contributed by atoms with van der Waals surface area (Å²) in [4.78, 5) is 0. The standard InChI is InChI=1S/C18H22BrN/c1-2-13-7-3-6-10-17(13)20-18-12-11-16(19)14-8-4-5-9-15(14)18/h4-5,8-9,11-13,17,20H,2-3,6-7,10H2,1H3. The summed E-state index contributed by atoms with van der Waals surface area (Å²) in [5.41, 5.74) is 1.29. The lowest BCUT2D eigenvalue weighted by molar-refractivity contribution is 0.317. The number of anilines is 1. The van der Waals surface area contributed by atoms with Crippen molar-refractivity contribution in [3.05, 3.63) is 40.9 Å². The SMILES string of the molecule is CCC1CCCCC1Nc1ccc(Br)c2ccccc12. The maximum atomic E-state index is 3.83. The molecule has 0 radical (unpaired) electrons. The summed E-state index contributed by atoms with van der Waals surface area (Å²) in [6.07, 6.45) is 6.73. The molecule has 0 amide bonds. The van der Waals surface area contributed by atoms with Crippen LogP contribution >= 0.6 is 15.9 Å². The van der Waals surface area contributed by atoms with E-state index < -0.39 is 0 Å². The Labute approximate surface area is 129 Å². The quantitative estimate of drug-likeness (QED) is 0.729. The second-order valence-corrected chi connectivity index (χ2v) is 6.70. The van der Waals surface area contributed by atoms with Gasteiger partial charge in [-0.1, -0.05) is 66.4 Å². The molecule has 2 aromatic rings. The fourth-order valence-corrected chi connectivity index (χ4v) is 3.95. The van der Waals surface area contributed by atoms with Crippen molar-refractivity contribution in [2.45, 2.75) is 45.1 Å². The van der Waals surface area contributed by atoms with Crippen molar-refractivity contribution in [1.29, 1.82) is 0 Å². The van der Waals surface area contributed by atoms with Gasteiger partial charge in [-0.05, 0) is 36.3 Å². The van der Waals surface area contributed by atoms with Gasteiger partial charge >= 0.3 is 0 Å². The first-order valence-corrected chi connectivity index (χ1v) is 8.52. The average molecular weight is 332 g/mol. The Morgan fingerprint density at radius 2 is 1.80 bits per heavy atom. The molecule has 0 spiro atoms. The predicted octanol–water partition coefficient (Wildman–Crippen LogP) is 5.98. The summed E-state index contributed by atoms with van der Waals surface area (Å²) >= 11 is 3.65. The van der Waals surface area contributed by atoms with Crippen LogP contribution in [0.5, 0.6) is 0 Å². The summed E-state index contributed by atoms with van der Waals surface area (Å²) in [6.45, 7) is 2.32. The highest BCUT2D eigenvalue weighted by Gasteiger charge is 2.23. The van der Waals surface area contributed by atoms with Gasteiger partial charge in [-0.25, -0.2) is 0 Å². The fourth-order valence-electron chi connectivity index (χ4n) is 3.47. The van der Waals surface area contributed by atoms with Crippen molar-refractivity contribution in [3.8, 4) is 0 Å². The summed E-state index contributed by atoms with van der Waals surface area (Å²) in [5, 5.41) is 6.45. The molecule has 1 aliphatic rings. The molecule has 0 aliphatic heterocycles. The highest BCUT2D eigenvalue weighted by Crippen LogP contribution is 2.34. The summed E-state index contributed by atoms with van der Waals surface area (Å²) in [5.74, 6) is 0.825. The van der Waals surface area contributed by atoms with Gasteiger partial charge in [0.1, 0.15) is 0 Å². The normalized spacial score (nSPS) is 22.9. The Kier molecular flexibility index (Phi) is 4.30. The van der Waals surface area contributed by atoms with Gasteiger partial charge in [0.25, 0.3) is 0 Å². The molecular formula is C18H22BrN. The largest absolute Gasteiger partial charge is 0.382 e. The molecule has 3 rings (SSSR count). The highest BCUT2D eigenvalue weighted by atomic mass is 79.9. The van der Waals surface area contributed by atoms with E-state index in [4.69, 9.17) is 0 Å². The van der Waals surface area contributed by atoms with Crippen LogP contribution in [-0.4, -0.2) is 6.04 Å². The van der Waals surface area contributed by atoms with Crippen LogP contribution in [0, 0.1) is 5.92 Å². The maximum absolute atomic E-state index is 3.83. The Morgan fingerprint density at radius 3 is 2.60 bits per heavy atom. The first-order chi connectivity index (χ1) is 9.79. The Bertz CT molecular complexity index is 593. The molecule has 2 atom stereocenters. The first kappa shape index (κ1) is 13.9. The van der Waals surface area contributed by atoms with E-state index in [0.717, 1.165) is 5.92 Å². The van der Waals surface area contributed by atoms with E-state index in [0.29, 0.717) is 6.04 Å². The third-order valence-electron chi connectivity index (χ3n) is 4.65. The molecule has 1 saturated carbocycles. The molecule has 20 heavy (non-hydrogen) atoms. The topological polar surface area (TPSA) is 12.0 Å². The van der Waals surface area contributed by atoms with Gasteiger partial charge in [-0.2, -0.15) is 0 Å². The van der Waals surface area contributed by atoms with Crippen molar-refractivity contribution in [2.24, 2.45) is 5.92 Å². The Hall–Kier alpha value is -1.02.